The van der Waals surface area contributed by atoms with Gasteiger partial charge >= 0.3 is 11.9 Å². The van der Waals surface area contributed by atoms with Crippen molar-refractivity contribution < 1.29 is 24.2 Å². The minimum Gasteiger partial charge on any atom is -0.478 e. The van der Waals surface area contributed by atoms with Gasteiger partial charge in [0.2, 0.25) is 0 Å². The first-order chi connectivity index (χ1) is 15.3. The second-order valence-corrected chi connectivity index (χ2v) is 9.61. The van der Waals surface area contributed by atoms with Crippen molar-refractivity contribution in [2.45, 2.75) is 25.7 Å². The van der Waals surface area contributed by atoms with Gasteiger partial charge in [-0.1, -0.05) is 29.3 Å². The lowest BCUT2D eigenvalue weighted by atomic mass is 9.97. The van der Waals surface area contributed by atoms with E-state index in [1.807, 2.05) is 18.2 Å². The molecule has 2 N–H and O–H groups in total. The summed E-state index contributed by atoms with van der Waals surface area (Å²) in [6, 6.07) is 8.91. The summed E-state index contributed by atoms with van der Waals surface area (Å²) >= 11 is 7.56. The van der Waals surface area contributed by atoms with E-state index < -0.39 is 11.9 Å². The van der Waals surface area contributed by atoms with Crippen LogP contribution in [-0.2, 0) is 9.59 Å². The standard InChI is InChI=1S/C20H21ClFNS.C4H4O4/c21-20-6-5-19(24-20)18-12-17(22)4-3-16(18)11-14-7-9-23(10-8-14)13-15-1-2-15;5-3(6)1-2-4(7)8/h3-6,11-12,15H,1-2,7-10,13H2;1-2H,(H,5,6)(H,7,8)/b;2-1+. The molecule has 8 heteroatoms. The number of likely N-dealkylation sites (tertiary alicyclic amines) is 1. The molecule has 0 amide bonds. The second kappa shape index (κ2) is 11.4. The van der Waals surface area contributed by atoms with E-state index in [0.29, 0.717) is 12.2 Å². The molecule has 5 nitrogen and oxygen atoms in total. The number of carboxylic acid groups (broad SMARTS) is 2. The van der Waals surface area contributed by atoms with E-state index in [4.69, 9.17) is 21.8 Å². The van der Waals surface area contributed by atoms with E-state index >= 15 is 0 Å². The van der Waals surface area contributed by atoms with Crippen LogP contribution in [0.25, 0.3) is 16.5 Å². The Labute approximate surface area is 195 Å². The van der Waals surface area contributed by atoms with Crippen LogP contribution in [0.4, 0.5) is 4.39 Å². The Morgan fingerprint density at radius 1 is 1.09 bits per heavy atom. The molecule has 0 radical (unpaired) electrons. The van der Waals surface area contributed by atoms with Gasteiger partial charge in [0.15, 0.2) is 0 Å². The molecule has 1 saturated carbocycles. The number of nitrogens with zero attached hydrogens (tertiary/aromatic N) is 1. The Bertz CT molecular complexity index is 1000. The molecule has 0 spiro atoms. The summed E-state index contributed by atoms with van der Waals surface area (Å²) in [6.45, 7) is 3.59. The maximum atomic E-state index is 13.7. The van der Waals surface area contributed by atoms with Crippen molar-refractivity contribution in [3.05, 3.63) is 63.8 Å². The normalized spacial score (nSPS) is 16.5. The molecule has 0 bridgehead atoms. The van der Waals surface area contributed by atoms with E-state index in [1.54, 1.807) is 12.1 Å². The molecule has 32 heavy (non-hydrogen) atoms. The number of halogens is 2. The molecule has 1 aliphatic heterocycles. The second-order valence-electron chi connectivity index (χ2n) is 7.89. The molecule has 2 fully saturated rings. The molecule has 1 aromatic carbocycles. The molecular weight excluding hydrogens is 453 g/mol. The summed E-state index contributed by atoms with van der Waals surface area (Å²) in [7, 11) is 0. The SMILES string of the molecule is Fc1ccc(C=C2CCN(CC3CC3)CC2)c(-c2ccc(Cl)s2)c1.O=C(O)/C=C/C(=O)O. The van der Waals surface area contributed by atoms with Crippen molar-refractivity contribution in [2.24, 2.45) is 5.92 Å². The quantitative estimate of drug-likeness (QED) is 0.513. The maximum absolute atomic E-state index is 13.7. The van der Waals surface area contributed by atoms with Gasteiger partial charge in [-0.25, -0.2) is 14.0 Å². The Morgan fingerprint density at radius 2 is 1.75 bits per heavy atom. The zero-order chi connectivity index (χ0) is 23.1. The van der Waals surface area contributed by atoms with Gasteiger partial charge in [0.25, 0.3) is 0 Å². The fourth-order valence-corrected chi connectivity index (χ4v) is 4.60. The Morgan fingerprint density at radius 3 is 2.28 bits per heavy atom. The number of carbonyl (C=O) groups is 2. The summed E-state index contributed by atoms with van der Waals surface area (Å²) in [5.74, 6) is -1.75. The summed E-state index contributed by atoms with van der Waals surface area (Å²) in [4.78, 5) is 22.7. The number of benzene rings is 1. The average Bonchev–Trinajstić information content (AvgIpc) is 3.46. The highest BCUT2D eigenvalue weighted by Crippen LogP contribution is 2.35. The van der Waals surface area contributed by atoms with Crippen LogP contribution in [0.5, 0.6) is 0 Å². The van der Waals surface area contributed by atoms with Gasteiger partial charge in [-0.3, -0.25) is 0 Å². The summed E-state index contributed by atoms with van der Waals surface area (Å²) in [5, 5.41) is 15.6. The van der Waals surface area contributed by atoms with Crippen LogP contribution in [-0.4, -0.2) is 46.7 Å². The Kier molecular flexibility index (Phi) is 8.61. The maximum Gasteiger partial charge on any atom is 0.328 e. The van der Waals surface area contributed by atoms with Crippen molar-refractivity contribution >= 4 is 41.0 Å². The summed E-state index contributed by atoms with van der Waals surface area (Å²) in [6.07, 6.45) is 8.45. The zero-order valence-corrected chi connectivity index (χ0v) is 19.0. The largest absolute Gasteiger partial charge is 0.478 e. The van der Waals surface area contributed by atoms with Gasteiger partial charge in [-0.15, -0.1) is 11.3 Å². The van der Waals surface area contributed by atoms with E-state index in [2.05, 4.69) is 11.0 Å². The average molecular weight is 478 g/mol. The van der Waals surface area contributed by atoms with Crippen LogP contribution in [0.1, 0.15) is 31.2 Å². The minimum absolute atomic E-state index is 0.198. The number of hydrogen-bond donors (Lipinski definition) is 2. The molecule has 1 aliphatic carbocycles. The van der Waals surface area contributed by atoms with Gasteiger partial charge in [-0.2, -0.15) is 0 Å². The number of piperidine rings is 1. The highest BCUT2D eigenvalue weighted by molar-refractivity contribution is 7.19. The van der Waals surface area contributed by atoms with Crippen LogP contribution in [0.15, 0.2) is 48.1 Å². The molecule has 1 saturated heterocycles. The molecular formula is C24H25ClFNO4S. The molecule has 2 heterocycles. The fraction of sp³-hybridized carbons (Fsp3) is 0.333. The first kappa shape index (κ1) is 24.2. The van der Waals surface area contributed by atoms with Gasteiger partial charge in [0.1, 0.15) is 5.82 Å². The predicted octanol–water partition coefficient (Wildman–Crippen LogP) is 5.81. The third kappa shape index (κ3) is 7.89. The van der Waals surface area contributed by atoms with Crippen LogP contribution in [0.2, 0.25) is 4.34 Å². The van der Waals surface area contributed by atoms with Crippen molar-refractivity contribution in [1.82, 2.24) is 4.90 Å². The topological polar surface area (TPSA) is 77.8 Å². The van der Waals surface area contributed by atoms with Crippen LogP contribution < -0.4 is 0 Å². The third-order valence-electron chi connectivity index (χ3n) is 5.29. The molecule has 1 aromatic heterocycles. The minimum atomic E-state index is -1.26. The Balaban J connectivity index is 0.000000312. The monoisotopic (exact) mass is 477 g/mol. The van der Waals surface area contributed by atoms with Gasteiger partial charge in [-0.05, 0) is 61.4 Å². The molecule has 4 rings (SSSR count). The molecule has 2 aromatic rings. The lowest BCUT2D eigenvalue weighted by Crippen LogP contribution is -2.32. The van der Waals surface area contributed by atoms with Crippen LogP contribution in [0.3, 0.4) is 0 Å². The smallest absolute Gasteiger partial charge is 0.328 e. The van der Waals surface area contributed by atoms with Crippen molar-refractivity contribution in [2.75, 3.05) is 19.6 Å². The fourth-order valence-electron chi connectivity index (χ4n) is 3.52. The Hall–Kier alpha value is -2.48. The number of aliphatic carboxylic acids is 2. The van der Waals surface area contributed by atoms with Crippen molar-refractivity contribution in [1.29, 1.82) is 0 Å². The third-order valence-corrected chi connectivity index (χ3v) is 6.56. The highest BCUT2D eigenvalue weighted by Gasteiger charge is 2.25. The predicted molar refractivity (Wildman–Crippen MR) is 126 cm³/mol. The number of carboxylic acids is 2. The first-order valence-corrected chi connectivity index (χ1v) is 11.6. The number of rotatable bonds is 6. The van der Waals surface area contributed by atoms with Gasteiger partial charge < -0.3 is 15.1 Å². The highest BCUT2D eigenvalue weighted by atomic mass is 35.5. The summed E-state index contributed by atoms with van der Waals surface area (Å²) in [5.41, 5.74) is 3.51. The molecule has 0 atom stereocenters. The summed E-state index contributed by atoms with van der Waals surface area (Å²) < 4.78 is 14.5. The van der Waals surface area contributed by atoms with Gasteiger partial charge in [0.05, 0.1) is 4.34 Å². The number of thiophene rings is 1. The molecule has 0 unspecified atom stereocenters. The lowest BCUT2D eigenvalue weighted by Gasteiger charge is -2.28. The van der Waals surface area contributed by atoms with E-state index in [9.17, 15) is 14.0 Å². The van der Waals surface area contributed by atoms with E-state index in [0.717, 1.165) is 52.2 Å². The molecule has 170 valence electrons. The van der Waals surface area contributed by atoms with E-state index in [-0.39, 0.29) is 5.82 Å². The zero-order valence-electron chi connectivity index (χ0n) is 17.5. The number of hydrogen-bond acceptors (Lipinski definition) is 4. The van der Waals surface area contributed by atoms with Gasteiger partial charge in [0, 0.05) is 42.2 Å². The molecule has 2 aliphatic rings. The van der Waals surface area contributed by atoms with E-state index in [1.165, 1.54) is 36.3 Å². The lowest BCUT2D eigenvalue weighted by molar-refractivity contribution is -0.134. The van der Waals surface area contributed by atoms with Crippen LogP contribution >= 0.6 is 22.9 Å². The first-order valence-electron chi connectivity index (χ1n) is 10.4. The van der Waals surface area contributed by atoms with Crippen LogP contribution in [0, 0.1) is 11.7 Å². The van der Waals surface area contributed by atoms with Crippen molar-refractivity contribution in [3.63, 3.8) is 0 Å². The van der Waals surface area contributed by atoms with Crippen molar-refractivity contribution in [3.8, 4) is 10.4 Å².